The number of rotatable bonds is 5. The highest BCUT2D eigenvalue weighted by atomic mass is 127. The number of hydrogen-bond acceptors (Lipinski definition) is 4. The minimum atomic E-state index is 0.880. The van der Waals surface area contributed by atoms with Crippen LogP contribution in [0.1, 0.15) is 18.9 Å². The summed E-state index contributed by atoms with van der Waals surface area (Å²) in [6.07, 6.45) is 3.59. The van der Waals surface area contributed by atoms with Crippen LogP contribution in [-0.4, -0.2) is 17.0 Å². The average Bonchev–Trinajstić information content (AvgIpc) is 2.43. The predicted octanol–water partition coefficient (Wildman–Crippen LogP) is 3.82. The highest BCUT2D eigenvalue weighted by Crippen LogP contribution is 2.26. The van der Waals surface area contributed by atoms with Crippen molar-refractivity contribution < 1.29 is 0 Å². The van der Waals surface area contributed by atoms with Gasteiger partial charge in [-0.3, -0.25) is 0 Å². The maximum atomic E-state index is 4.38. The molecule has 2 rings (SSSR count). The highest BCUT2D eigenvalue weighted by Gasteiger charge is 2.10. The van der Waals surface area contributed by atoms with Crippen molar-refractivity contribution in [2.45, 2.75) is 19.8 Å². The van der Waals surface area contributed by atoms with Gasteiger partial charge in [0.05, 0.1) is 5.69 Å². The molecule has 0 aliphatic rings. The van der Waals surface area contributed by atoms with Crippen LogP contribution in [0.3, 0.4) is 0 Å². The van der Waals surface area contributed by atoms with Crippen LogP contribution in [0, 0.1) is 3.57 Å². The molecule has 0 saturated carbocycles. The third-order valence-corrected chi connectivity index (χ3v) is 3.75. The lowest BCUT2D eigenvalue weighted by atomic mass is 10.1. The maximum absolute atomic E-state index is 4.38. The van der Waals surface area contributed by atoms with Gasteiger partial charge in [0.25, 0.3) is 0 Å². The van der Waals surface area contributed by atoms with E-state index in [4.69, 9.17) is 0 Å². The zero-order valence-corrected chi connectivity index (χ0v) is 13.2. The summed E-state index contributed by atoms with van der Waals surface area (Å²) in [5, 5.41) is 6.53. The first-order chi connectivity index (χ1) is 9.26. The molecule has 4 nitrogen and oxygen atoms in total. The van der Waals surface area contributed by atoms with Crippen molar-refractivity contribution in [3.63, 3.8) is 0 Å². The molecule has 0 atom stereocenters. The molecule has 0 aliphatic carbocycles. The average molecular weight is 368 g/mol. The summed E-state index contributed by atoms with van der Waals surface area (Å²) in [7, 11) is 1.89. The second-order valence-corrected chi connectivity index (χ2v) is 5.32. The van der Waals surface area contributed by atoms with Crippen molar-refractivity contribution >= 4 is 39.9 Å². The van der Waals surface area contributed by atoms with E-state index in [2.05, 4.69) is 62.2 Å². The van der Waals surface area contributed by atoms with E-state index in [1.807, 2.05) is 19.2 Å². The third-order valence-electron chi connectivity index (χ3n) is 2.81. The SMILES string of the molecule is CCCc1c(NC)ncnc1Nc1ccccc1I. The fourth-order valence-corrected chi connectivity index (χ4v) is 2.43. The largest absolute Gasteiger partial charge is 0.373 e. The smallest absolute Gasteiger partial charge is 0.139 e. The summed E-state index contributed by atoms with van der Waals surface area (Å²) in [5.74, 6) is 1.77. The summed E-state index contributed by atoms with van der Waals surface area (Å²) in [6.45, 7) is 2.16. The van der Waals surface area contributed by atoms with E-state index in [0.29, 0.717) is 0 Å². The number of aromatic nitrogens is 2. The van der Waals surface area contributed by atoms with Crippen LogP contribution in [0.5, 0.6) is 0 Å². The van der Waals surface area contributed by atoms with E-state index in [0.717, 1.165) is 35.7 Å². The van der Waals surface area contributed by atoms with E-state index in [1.165, 1.54) is 3.57 Å². The molecule has 1 aromatic heterocycles. The van der Waals surface area contributed by atoms with Gasteiger partial charge in [-0.15, -0.1) is 0 Å². The lowest BCUT2D eigenvalue weighted by Crippen LogP contribution is -2.06. The maximum Gasteiger partial charge on any atom is 0.139 e. The fourth-order valence-electron chi connectivity index (χ4n) is 1.91. The van der Waals surface area contributed by atoms with Crippen LogP contribution >= 0.6 is 22.6 Å². The van der Waals surface area contributed by atoms with Crippen LogP contribution in [0.2, 0.25) is 0 Å². The molecule has 2 N–H and O–H groups in total. The van der Waals surface area contributed by atoms with Crippen LogP contribution in [0.15, 0.2) is 30.6 Å². The molecule has 0 amide bonds. The Bertz CT molecular complexity index is 557. The second kappa shape index (κ2) is 6.70. The lowest BCUT2D eigenvalue weighted by Gasteiger charge is -2.14. The zero-order valence-electron chi connectivity index (χ0n) is 11.1. The van der Waals surface area contributed by atoms with Gasteiger partial charge < -0.3 is 10.6 Å². The molecule has 0 spiro atoms. The molecule has 19 heavy (non-hydrogen) atoms. The molecule has 1 aromatic carbocycles. The molecule has 2 aromatic rings. The Morgan fingerprint density at radius 3 is 2.58 bits per heavy atom. The number of nitrogens with zero attached hydrogens (tertiary/aromatic N) is 2. The van der Waals surface area contributed by atoms with Gasteiger partial charge in [0.2, 0.25) is 0 Å². The molecular weight excluding hydrogens is 351 g/mol. The first-order valence-corrected chi connectivity index (χ1v) is 7.37. The van der Waals surface area contributed by atoms with Gasteiger partial charge in [-0.05, 0) is 41.1 Å². The van der Waals surface area contributed by atoms with Crippen molar-refractivity contribution in [2.24, 2.45) is 0 Å². The molecule has 0 radical (unpaired) electrons. The Balaban J connectivity index is 2.37. The van der Waals surface area contributed by atoms with Gasteiger partial charge in [-0.2, -0.15) is 0 Å². The van der Waals surface area contributed by atoms with E-state index < -0.39 is 0 Å². The quantitative estimate of drug-likeness (QED) is 0.788. The molecule has 1 heterocycles. The normalized spacial score (nSPS) is 10.3. The standard InChI is InChI=1S/C14H17IN4/c1-3-6-10-13(16-2)17-9-18-14(10)19-12-8-5-4-7-11(12)15/h4-5,7-9H,3,6H2,1-2H3,(H2,16,17,18,19). The summed E-state index contributed by atoms with van der Waals surface area (Å²) in [5.41, 5.74) is 2.20. The first-order valence-electron chi connectivity index (χ1n) is 6.29. The van der Waals surface area contributed by atoms with Gasteiger partial charge in [0.15, 0.2) is 0 Å². The van der Waals surface area contributed by atoms with Crippen LogP contribution in [0.4, 0.5) is 17.3 Å². The Morgan fingerprint density at radius 1 is 1.16 bits per heavy atom. The van der Waals surface area contributed by atoms with E-state index in [-0.39, 0.29) is 0 Å². The van der Waals surface area contributed by atoms with Gasteiger partial charge in [0.1, 0.15) is 18.0 Å². The molecular formula is C14H17IN4. The minimum absolute atomic E-state index is 0.880. The topological polar surface area (TPSA) is 49.8 Å². The number of nitrogens with one attached hydrogen (secondary N) is 2. The number of halogens is 1. The van der Waals surface area contributed by atoms with Crippen molar-refractivity contribution in [2.75, 3.05) is 17.7 Å². The Kier molecular flexibility index (Phi) is 4.95. The number of para-hydroxylation sites is 1. The Labute approximate surface area is 127 Å². The lowest BCUT2D eigenvalue weighted by molar-refractivity contribution is 0.905. The van der Waals surface area contributed by atoms with Gasteiger partial charge in [0, 0.05) is 16.2 Å². The number of anilines is 3. The molecule has 5 heteroatoms. The minimum Gasteiger partial charge on any atom is -0.373 e. The Morgan fingerprint density at radius 2 is 1.89 bits per heavy atom. The molecule has 100 valence electrons. The van der Waals surface area contributed by atoms with E-state index in [9.17, 15) is 0 Å². The molecule has 0 saturated heterocycles. The Hall–Kier alpha value is -1.37. The second-order valence-electron chi connectivity index (χ2n) is 4.15. The fraction of sp³-hybridized carbons (Fsp3) is 0.286. The molecule has 0 aliphatic heterocycles. The van der Waals surface area contributed by atoms with Gasteiger partial charge >= 0.3 is 0 Å². The van der Waals surface area contributed by atoms with Crippen molar-refractivity contribution in [1.82, 2.24) is 9.97 Å². The van der Waals surface area contributed by atoms with Crippen LogP contribution in [0.25, 0.3) is 0 Å². The van der Waals surface area contributed by atoms with Crippen LogP contribution in [-0.2, 0) is 6.42 Å². The van der Waals surface area contributed by atoms with Gasteiger partial charge in [-0.25, -0.2) is 9.97 Å². The number of benzene rings is 1. The van der Waals surface area contributed by atoms with Crippen molar-refractivity contribution in [1.29, 1.82) is 0 Å². The monoisotopic (exact) mass is 368 g/mol. The first kappa shape index (κ1) is 14.0. The number of hydrogen-bond donors (Lipinski definition) is 2. The summed E-state index contributed by atoms with van der Waals surface area (Å²) in [4.78, 5) is 8.65. The predicted molar refractivity (Wildman–Crippen MR) is 88.0 cm³/mol. The van der Waals surface area contributed by atoms with Crippen molar-refractivity contribution in [3.8, 4) is 0 Å². The summed E-state index contributed by atoms with van der Waals surface area (Å²) in [6, 6.07) is 8.17. The molecule has 0 fully saturated rings. The highest BCUT2D eigenvalue weighted by molar-refractivity contribution is 14.1. The zero-order chi connectivity index (χ0) is 13.7. The molecule has 0 bridgehead atoms. The van der Waals surface area contributed by atoms with Crippen LogP contribution < -0.4 is 10.6 Å². The van der Waals surface area contributed by atoms with E-state index >= 15 is 0 Å². The van der Waals surface area contributed by atoms with Gasteiger partial charge in [-0.1, -0.05) is 25.5 Å². The molecule has 0 unspecified atom stereocenters. The third kappa shape index (κ3) is 3.34. The summed E-state index contributed by atoms with van der Waals surface area (Å²) >= 11 is 2.32. The van der Waals surface area contributed by atoms with Crippen molar-refractivity contribution in [3.05, 3.63) is 39.7 Å². The summed E-state index contributed by atoms with van der Waals surface area (Å²) < 4.78 is 1.17. The van der Waals surface area contributed by atoms with E-state index in [1.54, 1.807) is 6.33 Å².